The van der Waals surface area contributed by atoms with Gasteiger partial charge in [0.25, 0.3) is 0 Å². The van der Waals surface area contributed by atoms with Crippen LogP contribution in [0.5, 0.6) is 0 Å². The molecule has 13 heteroatoms. The number of hydrogen-bond acceptors (Lipinski definition) is 5. The van der Waals surface area contributed by atoms with Crippen molar-refractivity contribution in [3.05, 3.63) is 27.7 Å². The third kappa shape index (κ3) is 3.19. The lowest BCUT2D eigenvalue weighted by Crippen LogP contribution is -2.77. The van der Waals surface area contributed by atoms with Crippen LogP contribution in [0, 0.1) is 23.0 Å². The molecule has 1 aromatic rings. The largest absolute Gasteiger partial charge is 0.416 e. The van der Waals surface area contributed by atoms with E-state index in [1.54, 1.807) is 0 Å². The summed E-state index contributed by atoms with van der Waals surface area (Å²) >= 11 is 2.85. The van der Waals surface area contributed by atoms with Gasteiger partial charge in [-0.15, -0.1) is 0 Å². The number of nitrogens with one attached hydrogen (secondary N) is 2. The van der Waals surface area contributed by atoms with Crippen molar-refractivity contribution in [2.24, 2.45) is 11.3 Å². The average molecular weight is 526 g/mol. The van der Waals surface area contributed by atoms with E-state index in [9.17, 15) is 31.9 Å². The predicted octanol–water partition coefficient (Wildman–Crippen LogP) is 2.80. The highest BCUT2D eigenvalue weighted by Crippen LogP contribution is 2.51. The summed E-state index contributed by atoms with van der Waals surface area (Å²) < 4.78 is 75.4. The van der Waals surface area contributed by atoms with Crippen LogP contribution in [0.2, 0.25) is 0 Å². The molecule has 32 heavy (non-hydrogen) atoms. The average Bonchev–Trinajstić information content (AvgIpc) is 2.68. The van der Waals surface area contributed by atoms with E-state index in [4.69, 9.17) is 4.74 Å². The molecular formula is C19H17BrF5N3O4. The summed E-state index contributed by atoms with van der Waals surface area (Å²) in [7, 11) is 0. The van der Waals surface area contributed by atoms with Crippen LogP contribution in [-0.4, -0.2) is 48.8 Å². The number of nitrogens with zero attached hydrogens (tertiary/aromatic N) is 1. The maximum absolute atomic E-state index is 15.1. The Labute approximate surface area is 186 Å². The van der Waals surface area contributed by atoms with Crippen LogP contribution >= 0.6 is 15.9 Å². The first-order chi connectivity index (χ1) is 14.8. The standard InChI is InChI=1S/C19H17BrF5N3O4/c1-6(2)13-14-18(15(29)26-17(31)27-16(18)30)4-7-3-8(20)10(21)11(22)12(7)28(14)5-9(32-13)19(23,24)25/h3,6,9,13-14H,4-5H2,1-2H3,(H2,26,27,29,30,31)/t9-,13?,14+/m0/s1. The predicted molar refractivity (Wildman–Crippen MR) is 103 cm³/mol. The smallest absolute Gasteiger partial charge is 0.361 e. The fourth-order valence-electron chi connectivity index (χ4n) is 4.73. The molecule has 2 fully saturated rings. The Morgan fingerprint density at radius 2 is 1.75 bits per heavy atom. The number of alkyl halides is 3. The molecule has 4 rings (SSSR count). The highest BCUT2D eigenvalue weighted by molar-refractivity contribution is 9.10. The fourth-order valence-corrected chi connectivity index (χ4v) is 5.18. The SMILES string of the molecule is CC(C)C1O[C@H](C(F)(F)F)CN2c3c(cc(Br)c(F)c3F)CC3(C(=O)NC(=O)NC3=O)[C@@H]12. The maximum Gasteiger partial charge on any atom is 0.416 e. The van der Waals surface area contributed by atoms with Gasteiger partial charge in [-0.05, 0) is 33.5 Å². The summed E-state index contributed by atoms with van der Waals surface area (Å²) in [6.45, 7) is 2.07. The van der Waals surface area contributed by atoms with E-state index in [2.05, 4.69) is 15.9 Å². The van der Waals surface area contributed by atoms with Crippen molar-refractivity contribution < 1.29 is 41.1 Å². The lowest BCUT2D eigenvalue weighted by Gasteiger charge is -2.57. The number of morpholine rings is 1. The Balaban J connectivity index is 2.00. The van der Waals surface area contributed by atoms with E-state index in [1.807, 2.05) is 10.6 Å². The Morgan fingerprint density at radius 1 is 1.16 bits per heavy atom. The number of carbonyl (C=O) groups excluding carboxylic acids is 3. The molecule has 0 aliphatic carbocycles. The molecule has 0 bridgehead atoms. The Kier molecular flexibility index (Phi) is 5.27. The van der Waals surface area contributed by atoms with Gasteiger partial charge in [0.15, 0.2) is 23.2 Å². The lowest BCUT2D eigenvalue weighted by atomic mass is 9.65. The fraction of sp³-hybridized carbons (Fsp3) is 0.526. The minimum Gasteiger partial charge on any atom is -0.361 e. The Morgan fingerprint density at radius 3 is 2.28 bits per heavy atom. The molecule has 1 aromatic carbocycles. The molecule has 3 aliphatic heterocycles. The third-order valence-corrected chi connectivity index (χ3v) is 6.67. The van der Waals surface area contributed by atoms with Crippen LogP contribution in [-0.2, 0) is 20.7 Å². The second-order valence-electron chi connectivity index (χ2n) is 8.35. The first-order valence-electron chi connectivity index (χ1n) is 9.61. The molecule has 1 spiro atoms. The number of hydrogen-bond donors (Lipinski definition) is 2. The lowest BCUT2D eigenvalue weighted by molar-refractivity contribution is -0.250. The Hall–Kier alpha value is -2.28. The summed E-state index contributed by atoms with van der Waals surface area (Å²) in [6.07, 6.45) is -9.08. The van der Waals surface area contributed by atoms with E-state index in [0.717, 1.165) is 11.0 Å². The molecule has 1 unspecified atom stereocenters. The van der Waals surface area contributed by atoms with Gasteiger partial charge in [-0.3, -0.25) is 20.2 Å². The van der Waals surface area contributed by atoms with Gasteiger partial charge in [-0.1, -0.05) is 13.8 Å². The van der Waals surface area contributed by atoms with Gasteiger partial charge in [0.05, 0.1) is 28.9 Å². The van der Waals surface area contributed by atoms with Crippen molar-refractivity contribution in [2.75, 3.05) is 11.4 Å². The van der Waals surface area contributed by atoms with Gasteiger partial charge in [-0.25, -0.2) is 13.6 Å². The first-order valence-corrected chi connectivity index (χ1v) is 10.4. The van der Waals surface area contributed by atoms with Crippen LogP contribution in [0.1, 0.15) is 19.4 Å². The number of fused-ring (bicyclic) bond motifs is 4. The zero-order valence-electron chi connectivity index (χ0n) is 16.6. The van der Waals surface area contributed by atoms with E-state index >= 15 is 4.39 Å². The second-order valence-corrected chi connectivity index (χ2v) is 9.21. The summed E-state index contributed by atoms with van der Waals surface area (Å²) in [5, 5.41) is 3.96. The van der Waals surface area contributed by atoms with Crippen molar-refractivity contribution in [3.8, 4) is 0 Å². The minimum atomic E-state index is -4.85. The molecule has 3 heterocycles. The van der Waals surface area contributed by atoms with Crippen LogP contribution in [0.15, 0.2) is 10.5 Å². The summed E-state index contributed by atoms with van der Waals surface area (Å²) in [6, 6.07) is -1.40. The molecule has 4 amide bonds. The van der Waals surface area contributed by atoms with Crippen molar-refractivity contribution in [3.63, 3.8) is 0 Å². The molecule has 2 N–H and O–H groups in total. The minimum absolute atomic E-state index is 0.0583. The van der Waals surface area contributed by atoms with E-state index < -0.39 is 83.9 Å². The zero-order chi connectivity index (χ0) is 23.7. The van der Waals surface area contributed by atoms with Crippen LogP contribution < -0.4 is 15.5 Å². The highest BCUT2D eigenvalue weighted by Gasteiger charge is 2.66. The topological polar surface area (TPSA) is 87.7 Å². The van der Waals surface area contributed by atoms with Crippen LogP contribution in [0.3, 0.4) is 0 Å². The van der Waals surface area contributed by atoms with Gasteiger partial charge >= 0.3 is 12.2 Å². The van der Waals surface area contributed by atoms with Crippen LogP contribution in [0.25, 0.3) is 0 Å². The summed E-state index contributed by atoms with van der Waals surface area (Å²) in [5.41, 5.74) is -2.64. The normalized spacial score (nSPS) is 27.2. The number of barbiturate groups is 1. The molecule has 0 saturated carbocycles. The van der Waals surface area contributed by atoms with E-state index in [1.165, 1.54) is 13.8 Å². The van der Waals surface area contributed by atoms with Gasteiger partial charge < -0.3 is 9.64 Å². The number of ether oxygens (including phenoxy) is 1. The zero-order valence-corrected chi connectivity index (χ0v) is 18.2. The molecule has 174 valence electrons. The molecular weight excluding hydrogens is 509 g/mol. The van der Waals surface area contributed by atoms with Gasteiger partial charge in [0.2, 0.25) is 11.8 Å². The summed E-state index contributed by atoms with van der Waals surface area (Å²) in [5.74, 6) is -5.48. The second kappa shape index (κ2) is 7.37. The van der Waals surface area contributed by atoms with Crippen LogP contribution in [0.4, 0.5) is 32.4 Å². The number of urea groups is 1. The Bertz CT molecular complexity index is 1010. The molecule has 3 atom stereocenters. The monoisotopic (exact) mass is 525 g/mol. The molecule has 0 aromatic heterocycles. The number of benzene rings is 1. The first kappa shape index (κ1) is 22.9. The maximum atomic E-state index is 15.1. The van der Waals surface area contributed by atoms with Gasteiger partial charge in [-0.2, -0.15) is 13.2 Å². The number of halogens is 6. The van der Waals surface area contributed by atoms with E-state index in [-0.39, 0.29) is 10.0 Å². The molecule has 7 nitrogen and oxygen atoms in total. The summed E-state index contributed by atoms with van der Waals surface area (Å²) in [4.78, 5) is 38.7. The molecule has 2 saturated heterocycles. The highest BCUT2D eigenvalue weighted by atomic mass is 79.9. The van der Waals surface area contributed by atoms with Gasteiger partial charge in [0, 0.05) is 6.42 Å². The third-order valence-electron chi connectivity index (χ3n) is 6.09. The number of anilines is 1. The quantitative estimate of drug-likeness (QED) is 0.334. The van der Waals surface area contributed by atoms with Crippen molar-refractivity contribution in [1.82, 2.24) is 10.6 Å². The molecule has 3 aliphatic rings. The number of amides is 4. The van der Waals surface area contributed by atoms with E-state index in [0.29, 0.717) is 0 Å². The van der Waals surface area contributed by atoms with Crippen molar-refractivity contribution >= 4 is 39.5 Å². The van der Waals surface area contributed by atoms with Gasteiger partial charge in [0.1, 0.15) is 0 Å². The molecule has 0 radical (unpaired) electrons. The van der Waals surface area contributed by atoms with Crippen molar-refractivity contribution in [2.45, 2.75) is 44.7 Å². The number of carbonyl (C=O) groups is 3. The van der Waals surface area contributed by atoms with Crippen molar-refractivity contribution in [1.29, 1.82) is 0 Å². The number of rotatable bonds is 1. The number of imide groups is 2.